The van der Waals surface area contributed by atoms with Crippen LogP contribution in [0.1, 0.15) is 0 Å². The third-order valence-corrected chi connectivity index (χ3v) is 6.37. The highest BCUT2D eigenvalue weighted by Crippen LogP contribution is 2.37. The van der Waals surface area contributed by atoms with Gasteiger partial charge in [-0.15, -0.1) is 11.3 Å². The third kappa shape index (κ3) is 3.77. The Balaban J connectivity index is 1.47. The second-order valence-electron chi connectivity index (χ2n) is 7.86. The van der Waals surface area contributed by atoms with Gasteiger partial charge in [-0.25, -0.2) is 19.3 Å². The van der Waals surface area contributed by atoms with Gasteiger partial charge in [0.25, 0.3) is 0 Å². The minimum Gasteiger partial charge on any atom is -0.484 e. The first-order chi connectivity index (χ1) is 16.1. The molecule has 0 spiro atoms. The molecule has 1 fully saturated rings. The van der Waals surface area contributed by atoms with Crippen molar-refractivity contribution in [2.75, 3.05) is 18.5 Å². The van der Waals surface area contributed by atoms with Gasteiger partial charge in [0.1, 0.15) is 17.9 Å². The summed E-state index contributed by atoms with van der Waals surface area (Å²) < 4.78 is 28.6. The van der Waals surface area contributed by atoms with E-state index in [2.05, 4.69) is 25.4 Å². The molecule has 8 nitrogen and oxygen atoms in total. The van der Waals surface area contributed by atoms with E-state index in [1.807, 2.05) is 49.1 Å². The molecule has 0 radical (unpaired) electrons. The maximum atomic E-state index is 14.4. The lowest BCUT2D eigenvalue weighted by molar-refractivity contribution is 0.130. The lowest BCUT2D eigenvalue weighted by atomic mass is 10.1. The first-order valence-corrected chi connectivity index (χ1v) is 11.3. The van der Waals surface area contributed by atoms with E-state index in [4.69, 9.17) is 9.47 Å². The third-order valence-electron chi connectivity index (χ3n) is 5.57. The Bertz CT molecular complexity index is 1470. The van der Waals surface area contributed by atoms with Crippen molar-refractivity contribution < 1.29 is 13.9 Å². The Morgan fingerprint density at radius 2 is 2.06 bits per heavy atom. The number of rotatable bonds is 5. The van der Waals surface area contributed by atoms with Gasteiger partial charge in [0.2, 0.25) is 0 Å². The first kappa shape index (κ1) is 20.0. The van der Waals surface area contributed by atoms with E-state index in [1.54, 1.807) is 22.2 Å². The zero-order valence-electron chi connectivity index (χ0n) is 17.6. The van der Waals surface area contributed by atoms with Crippen LogP contribution >= 0.6 is 11.3 Å². The topological polar surface area (TPSA) is 87.0 Å². The maximum Gasteiger partial charge on any atom is 0.162 e. The van der Waals surface area contributed by atoms with Crippen molar-refractivity contribution >= 4 is 44.0 Å². The minimum absolute atomic E-state index is 0.0291. The molecule has 2 aromatic carbocycles. The average Bonchev–Trinajstić information content (AvgIpc) is 3.55. The van der Waals surface area contributed by atoms with Crippen LogP contribution in [0.2, 0.25) is 0 Å². The van der Waals surface area contributed by atoms with E-state index in [-0.39, 0.29) is 13.2 Å². The number of nitrogens with zero attached hydrogens (tertiary/aromatic N) is 5. The molecule has 1 aliphatic heterocycles. The number of fused-ring (bicyclic) bond motifs is 2. The molecule has 0 bridgehead atoms. The van der Waals surface area contributed by atoms with Crippen LogP contribution in [0.5, 0.6) is 5.75 Å². The zero-order valence-corrected chi connectivity index (χ0v) is 18.4. The SMILES string of the molecule is Cn1cc(-c2cc(O[C@H]3COC[C@H]3F)c3c(Nc4ccc5ncsc5c4)ncnc3c2)cn1. The molecule has 166 valence electrons. The van der Waals surface area contributed by atoms with Crippen LogP contribution in [0, 0.1) is 0 Å². The fourth-order valence-electron chi connectivity index (χ4n) is 3.93. The number of alkyl halides is 1. The summed E-state index contributed by atoms with van der Waals surface area (Å²) in [6, 6.07) is 9.76. The highest BCUT2D eigenvalue weighted by Gasteiger charge is 2.31. The van der Waals surface area contributed by atoms with Gasteiger partial charge >= 0.3 is 0 Å². The fraction of sp³-hybridized carbons (Fsp3) is 0.217. The lowest BCUT2D eigenvalue weighted by Gasteiger charge is -2.18. The minimum atomic E-state index is -1.20. The summed E-state index contributed by atoms with van der Waals surface area (Å²) >= 11 is 1.57. The molecule has 0 amide bonds. The van der Waals surface area contributed by atoms with Crippen molar-refractivity contribution in [2.45, 2.75) is 12.3 Å². The predicted molar refractivity (Wildman–Crippen MR) is 125 cm³/mol. The molecule has 1 N–H and O–H groups in total. The monoisotopic (exact) mass is 462 g/mol. The Morgan fingerprint density at radius 1 is 1.12 bits per heavy atom. The molecule has 33 heavy (non-hydrogen) atoms. The van der Waals surface area contributed by atoms with Crippen molar-refractivity contribution in [3.8, 4) is 16.9 Å². The van der Waals surface area contributed by atoms with Crippen LogP contribution in [0.4, 0.5) is 15.9 Å². The van der Waals surface area contributed by atoms with Gasteiger partial charge in [0.15, 0.2) is 12.3 Å². The van der Waals surface area contributed by atoms with Gasteiger partial charge < -0.3 is 14.8 Å². The Kier molecular flexibility index (Phi) is 4.88. The summed E-state index contributed by atoms with van der Waals surface area (Å²) in [4.78, 5) is 13.3. The molecule has 4 heterocycles. The van der Waals surface area contributed by atoms with Crippen LogP contribution in [0.3, 0.4) is 0 Å². The molecular formula is C23H19FN6O2S. The van der Waals surface area contributed by atoms with Gasteiger partial charge in [-0.2, -0.15) is 5.10 Å². The number of hydrogen-bond acceptors (Lipinski definition) is 8. The Morgan fingerprint density at radius 3 is 2.88 bits per heavy atom. The average molecular weight is 463 g/mol. The van der Waals surface area contributed by atoms with Gasteiger partial charge in [-0.3, -0.25) is 4.68 Å². The summed E-state index contributed by atoms with van der Waals surface area (Å²) in [5, 5.41) is 8.31. The van der Waals surface area contributed by atoms with E-state index in [9.17, 15) is 4.39 Å². The summed E-state index contributed by atoms with van der Waals surface area (Å²) in [6.07, 6.45) is 3.29. The number of halogens is 1. The van der Waals surface area contributed by atoms with E-state index in [0.29, 0.717) is 22.5 Å². The van der Waals surface area contributed by atoms with Gasteiger partial charge in [-0.1, -0.05) is 0 Å². The number of hydrogen-bond donors (Lipinski definition) is 1. The second kappa shape index (κ2) is 8.05. The number of aryl methyl sites for hydroxylation is 1. The van der Waals surface area contributed by atoms with Crippen molar-refractivity contribution in [1.29, 1.82) is 0 Å². The smallest absolute Gasteiger partial charge is 0.162 e. The van der Waals surface area contributed by atoms with E-state index >= 15 is 0 Å². The number of anilines is 2. The quantitative estimate of drug-likeness (QED) is 0.412. The van der Waals surface area contributed by atoms with Crippen molar-refractivity contribution in [1.82, 2.24) is 24.7 Å². The van der Waals surface area contributed by atoms with Gasteiger partial charge in [0, 0.05) is 24.5 Å². The number of ether oxygens (including phenoxy) is 2. The lowest BCUT2D eigenvalue weighted by Crippen LogP contribution is -2.26. The standard InChI is InChI=1S/C23H19FN6O2S/c1-30-8-14(7-28-30)13-4-18-22(19(5-13)32-20-10-31-9-16(20)24)23(26-11-25-18)29-15-2-3-17-21(6-15)33-12-27-17/h2-8,11-12,16,20H,9-10H2,1H3,(H,25,26,29)/t16-,20+/m1/s1. The summed E-state index contributed by atoms with van der Waals surface area (Å²) in [5.74, 6) is 1.07. The molecule has 0 aliphatic carbocycles. The van der Waals surface area contributed by atoms with Crippen molar-refractivity contribution in [3.05, 3.63) is 54.6 Å². The van der Waals surface area contributed by atoms with E-state index in [1.165, 1.54) is 6.33 Å². The number of thiazole rings is 1. The maximum absolute atomic E-state index is 14.4. The highest BCUT2D eigenvalue weighted by molar-refractivity contribution is 7.16. The molecule has 10 heteroatoms. The molecule has 0 unspecified atom stereocenters. The molecule has 3 aromatic heterocycles. The van der Waals surface area contributed by atoms with Crippen LogP contribution in [0.25, 0.3) is 32.2 Å². The number of nitrogens with one attached hydrogen (secondary N) is 1. The molecule has 1 saturated heterocycles. The van der Waals surface area contributed by atoms with Crippen molar-refractivity contribution in [3.63, 3.8) is 0 Å². The van der Waals surface area contributed by atoms with Crippen LogP contribution in [-0.2, 0) is 11.8 Å². The Hall–Kier alpha value is -3.63. The predicted octanol–water partition coefficient (Wildman–Crippen LogP) is 4.50. The fourth-order valence-corrected chi connectivity index (χ4v) is 4.64. The van der Waals surface area contributed by atoms with E-state index < -0.39 is 12.3 Å². The number of aromatic nitrogens is 5. The van der Waals surface area contributed by atoms with Gasteiger partial charge in [-0.05, 0) is 35.9 Å². The summed E-state index contributed by atoms with van der Waals surface area (Å²) in [5.41, 5.74) is 6.08. The van der Waals surface area contributed by atoms with Crippen LogP contribution < -0.4 is 10.1 Å². The van der Waals surface area contributed by atoms with Crippen LogP contribution in [-0.4, -0.2) is 50.2 Å². The molecule has 2 atom stereocenters. The second-order valence-corrected chi connectivity index (χ2v) is 8.75. The highest BCUT2D eigenvalue weighted by atomic mass is 32.1. The molecule has 1 aliphatic rings. The van der Waals surface area contributed by atoms with E-state index in [0.717, 1.165) is 27.0 Å². The molecule has 5 aromatic rings. The Labute approximate surface area is 192 Å². The van der Waals surface area contributed by atoms with Crippen LogP contribution in [0.15, 0.2) is 54.6 Å². The molecule has 0 saturated carbocycles. The summed E-state index contributed by atoms with van der Waals surface area (Å²) in [7, 11) is 1.86. The normalized spacial score (nSPS) is 18.2. The molecule has 6 rings (SSSR count). The zero-order chi connectivity index (χ0) is 22.4. The molecular weight excluding hydrogens is 443 g/mol. The largest absolute Gasteiger partial charge is 0.484 e. The summed E-state index contributed by atoms with van der Waals surface area (Å²) in [6.45, 7) is 0.222. The van der Waals surface area contributed by atoms with Gasteiger partial charge in [0.05, 0.1) is 46.0 Å². The first-order valence-electron chi connectivity index (χ1n) is 10.4. The van der Waals surface area contributed by atoms with Crippen molar-refractivity contribution in [2.24, 2.45) is 7.05 Å². The number of benzene rings is 2.